The lowest BCUT2D eigenvalue weighted by atomic mass is 10.2. The summed E-state index contributed by atoms with van der Waals surface area (Å²) in [7, 11) is -2.47. The number of amides is 1. The Morgan fingerprint density at radius 3 is 2.38 bits per heavy atom. The molecule has 0 radical (unpaired) electrons. The van der Waals surface area contributed by atoms with Crippen LogP contribution in [0.4, 0.5) is 10.1 Å². The zero-order valence-electron chi connectivity index (χ0n) is 13.1. The lowest BCUT2D eigenvalue weighted by Gasteiger charge is -2.16. The Kier molecular flexibility index (Phi) is 5.53. The van der Waals surface area contributed by atoms with Crippen LogP contribution < -0.4 is 14.8 Å². The molecule has 0 saturated heterocycles. The fourth-order valence-corrected chi connectivity index (χ4v) is 3.16. The van der Waals surface area contributed by atoms with Gasteiger partial charge >= 0.3 is 0 Å². The van der Waals surface area contributed by atoms with Crippen molar-refractivity contribution in [3.8, 4) is 5.75 Å². The molecule has 24 heavy (non-hydrogen) atoms. The van der Waals surface area contributed by atoms with E-state index in [9.17, 15) is 17.6 Å². The zero-order chi connectivity index (χ0) is 17.7. The monoisotopic (exact) mass is 352 g/mol. The molecule has 2 N–H and O–H groups in total. The van der Waals surface area contributed by atoms with E-state index in [1.54, 1.807) is 24.3 Å². The van der Waals surface area contributed by atoms with Gasteiger partial charge in [-0.25, -0.2) is 12.8 Å². The van der Waals surface area contributed by atoms with Gasteiger partial charge in [-0.1, -0.05) is 12.1 Å². The van der Waals surface area contributed by atoms with Crippen molar-refractivity contribution in [3.05, 3.63) is 54.3 Å². The number of anilines is 1. The molecule has 0 saturated carbocycles. The SMILES string of the molecule is COc1ccccc1NC(=O)[C@H](C)NS(=O)(=O)c1ccc(F)cc1. The summed E-state index contributed by atoms with van der Waals surface area (Å²) in [6.07, 6.45) is 0. The third-order valence-electron chi connectivity index (χ3n) is 3.21. The molecule has 8 heteroatoms. The zero-order valence-corrected chi connectivity index (χ0v) is 13.9. The molecule has 2 aromatic carbocycles. The number of para-hydroxylation sites is 2. The number of sulfonamides is 1. The average molecular weight is 352 g/mol. The summed E-state index contributed by atoms with van der Waals surface area (Å²) in [4.78, 5) is 12.1. The Morgan fingerprint density at radius 1 is 1.12 bits per heavy atom. The first-order valence-electron chi connectivity index (χ1n) is 7.05. The molecule has 1 amide bonds. The first-order valence-corrected chi connectivity index (χ1v) is 8.53. The smallest absolute Gasteiger partial charge is 0.242 e. The number of hydrogen-bond acceptors (Lipinski definition) is 4. The van der Waals surface area contributed by atoms with Gasteiger partial charge in [0.2, 0.25) is 15.9 Å². The second-order valence-electron chi connectivity index (χ2n) is 4.99. The second kappa shape index (κ2) is 7.41. The van der Waals surface area contributed by atoms with Gasteiger partial charge in [0.25, 0.3) is 0 Å². The van der Waals surface area contributed by atoms with E-state index in [-0.39, 0.29) is 4.90 Å². The number of carbonyl (C=O) groups is 1. The Balaban J connectivity index is 2.09. The standard InChI is InChI=1S/C16H17FN2O4S/c1-11(16(20)18-14-5-3-4-6-15(14)23-2)19-24(21,22)13-9-7-12(17)8-10-13/h3-11,19H,1-2H3,(H,18,20)/t11-/m0/s1. The predicted octanol–water partition coefficient (Wildman–Crippen LogP) is 2.14. The third-order valence-corrected chi connectivity index (χ3v) is 4.77. The molecule has 0 aromatic heterocycles. The van der Waals surface area contributed by atoms with E-state index in [1.807, 2.05) is 0 Å². The average Bonchev–Trinajstić information content (AvgIpc) is 2.55. The highest BCUT2D eigenvalue weighted by atomic mass is 32.2. The van der Waals surface area contributed by atoms with Gasteiger partial charge in [-0.2, -0.15) is 4.72 Å². The van der Waals surface area contributed by atoms with Crippen LogP contribution in [0.15, 0.2) is 53.4 Å². The van der Waals surface area contributed by atoms with Crippen LogP contribution in [0.5, 0.6) is 5.75 Å². The number of hydrogen-bond donors (Lipinski definition) is 2. The van der Waals surface area contributed by atoms with Gasteiger partial charge in [0.05, 0.1) is 23.7 Å². The maximum absolute atomic E-state index is 12.9. The van der Waals surface area contributed by atoms with Crippen molar-refractivity contribution < 1.29 is 22.3 Å². The van der Waals surface area contributed by atoms with E-state index in [1.165, 1.54) is 14.0 Å². The van der Waals surface area contributed by atoms with Gasteiger partial charge < -0.3 is 10.1 Å². The molecule has 0 aliphatic carbocycles. The van der Waals surface area contributed by atoms with Gasteiger partial charge in [0, 0.05) is 0 Å². The molecule has 0 bridgehead atoms. The molecule has 0 heterocycles. The van der Waals surface area contributed by atoms with Gasteiger partial charge in [-0.05, 0) is 43.3 Å². The predicted molar refractivity (Wildman–Crippen MR) is 87.8 cm³/mol. The topological polar surface area (TPSA) is 84.5 Å². The third kappa shape index (κ3) is 4.30. The van der Waals surface area contributed by atoms with E-state index in [0.717, 1.165) is 24.3 Å². The first kappa shape index (κ1) is 17.9. The summed E-state index contributed by atoms with van der Waals surface area (Å²) in [6.45, 7) is 1.41. The lowest BCUT2D eigenvalue weighted by Crippen LogP contribution is -2.41. The Hall–Kier alpha value is -2.45. The highest BCUT2D eigenvalue weighted by Gasteiger charge is 2.22. The number of methoxy groups -OCH3 is 1. The maximum Gasteiger partial charge on any atom is 0.242 e. The summed E-state index contributed by atoms with van der Waals surface area (Å²) in [5.41, 5.74) is 0.429. The van der Waals surface area contributed by atoms with Crippen molar-refractivity contribution in [1.29, 1.82) is 0 Å². The molecule has 1 atom stereocenters. The molecule has 2 aromatic rings. The molecule has 2 rings (SSSR count). The van der Waals surface area contributed by atoms with Gasteiger partial charge in [0.1, 0.15) is 11.6 Å². The molecule has 0 aliphatic rings. The molecule has 6 nitrogen and oxygen atoms in total. The van der Waals surface area contributed by atoms with Crippen molar-refractivity contribution >= 4 is 21.6 Å². The summed E-state index contributed by atoms with van der Waals surface area (Å²) < 4.78 is 44.6. The summed E-state index contributed by atoms with van der Waals surface area (Å²) in [6, 6.07) is 10.1. The van der Waals surface area contributed by atoms with Crippen LogP contribution in [0.1, 0.15) is 6.92 Å². The van der Waals surface area contributed by atoms with E-state index < -0.39 is 27.8 Å². The van der Waals surface area contributed by atoms with E-state index in [0.29, 0.717) is 11.4 Å². The van der Waals surface area contributed by atoms with Crippen molar-refractivity contribution in [2.45, 2.75) is 17.9 Å². The Bertz CT molecular complexity index is 822. The molecular weight excluding hydrogens is 335 g/mol. The minimum Gasteiger partial charge on any atom is -0.495 e. The quantitative estimate of drug-likeness (QED) is 0.834. The van der Waals surface area contributed by atoms with Crippen LogP contribution in [0.3, 0.4) is 0 Å². The van der Waals surface area contributed by atoms with E-state index in [4.69, 9.17) is 4.74 Å². The maximum atomic E-state index is 12.9. The molecule has 0 unspecified atom stereocenters. The fourth-order valence-electron chi connectivity index (χ4n) is 1.96. The minimum absolute atomic E-state index is 0.124. The number of halogens is 1. The highest BCUT2D eigenvalue weighted by molar-refractivity contribution is 7.89. The summed E-state index contributed by atoms with van der Waals surface area (Å²) in [5.74, 6) is -0.638. The number of nitrogens with one attached hydrogen (secondary N) is 2. The normalized spacial score (nSPS) is 12.5. The Labute approximate surface area is 139 Å². The summed E-state index contributed by atoms with van der Waals surface area (Å²) in [5, 5.41) is 2.59. The molecular formula is C16H17FN2O4S. The number of carbonyl (C=O) groups excluding carboxylic acids is 1. The minimum atomic E-state index is -3.94. The van der Waals surface area contributed by atoms with Crippen LogP contribution >= 0.6 is 0 Å². The van der Waals surface area contributed by atoms with Crippen LogP contribution in [-0.2, 0) is 14.8 Å². The number of benzene rings is 2. The van der Waals surface area contributed by atoms with Crippen molar-refractivity contribution in [1.82, 2.24) is 4.72 Å². The van der Waals surface area contributed by atoms with Crippen molar-refractivity contribution in [3.63, 3.8) is 0 Å². The molecule has 128 valence electrons. The van der Waals surface area contributed by atoms with Gasteiger partial charge in [-0.15, -0.1) is 0 Å². The highest BCUT2D eigenvalue weighted by Crippen LogP contribution is 2.23. The molecule has 0 aliphatic heterocycles. The van der Waals surface area contributed by atoms with Crippen LogP contribution in [0.25, 0.3) is 0 Å². The lowest BCUT2D eigenvalue weighted by molar-refractivity contribution is -0.117. The van der Waals surface area contributed by atoms with Crippen LogP contribution in [0.2, 0.25) is 0 Å². The largest absolute Gasteiger partial charge is 0.495 e. The van der Waals surface area contributed by atoms with Crippen LogP contribution in [-0.4, -0.2) is 27.5 Å². The summed E-state index contributed by atoms with van der Waals surface area (Å²) >= 11 is 0. The molecule has 0 fully saturated rings. The van der Waals surface area contributed by atoms with Crippen molar-refractivity contribution in [2.75, 3.05) is 12.4 Å². The fraction of sp³-hybridized carbons (Fsp3) is 0.188. The van der Waals surface area contributed by atoms with Crippen LogP contribution in [0, 0.1) is 5.82 Å². The first-order chi connectivity index (χ1) is 11.3. The van der Waals surface area contributed by atoms with Crippen molar-refractivity contribution in [2.24, 2.45) is 0 Å². The number of rotatable bonds is 6. The second-order valence-corrected chi connectivity index (χ2v) is 6.70. The van der Waals surface area contributed by atoms with Gasteiger partial charge in [-0.3, -0.25) is 4.79 Å². The Morgan fingerprint density at radius 2 is 1.75 bits per heavy atom. The van der Waals surface area contributed by atoms with E-state index >= 15 is 0 Å². The van der Waals surface area contributed by atoms with E-state index in [2.05, 4.69) is 10.0 Å². The van der Waals surface area contributed by atoms with Gasteiger partial charge in [0.15, 0.2) is 0 Å². The molecule has 0 spiro atoms. The number of ether oxygens (including phenoxy) is 1.